The van der Waals surface area contributed by atoms with E-state index < -0.39 is 10.0 Å². The van der Waals surface area contributed by atoms with Gasteiger partial charge in [-0.25, -0.2) is 13.1 Å². The highest BCUT2D eigenvalue weighted by Gasteiger charge is 2.15. The topological polar surface area (TPSA) is 78.7 Å². The third kappa shape index (κ3) is 4.87. The first kappa shape index (κ1) is 17.7. The number of nitrogen functional groups attached to an aromatic ring is 1. The highest BCUT2D eigenvalue weighted by molar-refractivity contribution is 7.89. The van der Waals surface area contributed by atoms with Crippen LogP contribution in [-0.2, 0) is 10.0 Å². The number of nitrogens with zero attached hydrogens (tertiary/aromatic N) is 2. The zero-order chi connectivity index (χ0) is 16.0. The fourth-order valence-corrected chi connectivity index (χ4v) is 2.81. The summed E-state index contributed by atoms with van der Waals surface area (Å²) in [5, 5.41) is 0. The van der Waals surface area contributed by atoms with Crippen LogP contribution < -0.4 is 15.4 Å². The molecule has 0 unspecified atom stereocenters. The molecule has 0 aliphatic carbocycles. The van der Waals surface area contributed by atoms with E-state index in [4.69, 9.17) is 5.73 Å². The maximum absolute atomic E-state index is 11.8. The summed E-state index contributed by atoms with van der Waals surface area (Å²) >= 11 is 0. The van der Waals surface area contributed by atoms with E-state index in [1.54, 1.807) is 12.1 Å². The molecule has 120 valence electrons. The van der Waals surface area contributed by atoms with Crippen LogP contribution >= 0.6 is 0 Å². The van der Waals surface area contributed by atoms with E-state index in [0.29, 0.717) is 5.69 Å². The minimum atomic E-state index is -3.46. The zero-order valence-electron chi connectivity index (χ0n) is 13.3. The number of anilines is 2. The number of benzene rings is 1. The maximum atomic E-state index is 11.8. The van der Waals surface area contributed by atoms with Crippen molar-refractivity contribution in [1.82, 2.24) is 9.62 Å². The van der Waals surface area contributed by atoms with Gasteiger partial charge in [0.05, 0.1) is 16.3 Å². The summed E-state index contributed by atoms with van der Waals surface area (Å²) in [6, 6.07) is 4.89. The quantitative estimate of drug-likeness (QED) is 0.699. The molecule has 3 N–H and O–H groups in total. The average Bonchev–Trinajstić information content (AvgIpc) is 2.43. The molecule has 1 rings (SSSR count). The van der Waals surface area contributed by atoms with Crippen LogP contribution in [0, 0.1) is 0 Å². The Bertz CT molecular complexity index is 558. The number of nitrogens with one attached hydrogen (secondary N) is 1. The average molecular weight is 314 g/mol. The van der Waals surface area contributed by atoms with Crippen LogP contribution in [0.25, 0.3) is 0 Å². The number of sulfonamides is 1. The first-order valence-electron chi connectivity index (χ1n) is 7.04. The van der Waals surface area contributed by atoms with Crippen molar-refractivity contribution < 1.29 is 8.42 Å². The van der Waals surface area contributed by atoms with Crippen LogP contribution in [0.5, 0.6) is 0 Å². The van der Waals surface area contributed by atoms with Gasteiger partial charge >= 0.3 is 0 Å². The number of nitrogens with two attached hydrogens (primary N) is 1. The standard InChI is InChI=1S/C14H26N4O2S/c1-5-8-18(10-9-17(3)4)14-7-6-12(11-13(14)15)21(19,20)16-2/h6-7,11,16H,5,8-10,15H2,1-4H3. The second-order valence-electron chi connectivity index (χ2n) is 5.22. The molecule has 0 spiro atoms. The second-order valence-corrected chi connectivity index (χ2v) is 7.11. The SMILES string of the molecule is CCCN(CCN(C)C)c1ccc(S(=O)(=O)NC)cc1N. The van der Waals surface area contributed by atoms with Gasteiger partial charge in [-0.15, -0.1) is 0 Å². The number of hydrogen-bond donors (Lipinski definition) is 2. The van der Waals surface area contributed by atoms with Crippen molar-refractivity contribution in [2.45, 2.75) is 18.2 Å². The molecule has 0 fully saturated rings. The molecule has 0 saturated carbocycles. The van der Waals surface area contributed by atoms with Gasteiger partial charge in [0.15, 0.2) is 0 Å². The fourth-order valence-electron chi connectivity index (χ4n) is 2.05. The molecule has 0 heterocycles. The Morgan fingerprint density at radius 2 is 1.86 bits per heavy atom. The van der Waals surface area contributed by atoms with Crippen LogP contribution in [-0.4, -0.2) is 54.1 Å². The van der Waals surface area contributed by atoms with Crippen molar-refractivity contribution in [3.05, 3.63) is 18.2 Å². The Morgan fingerprint density at radius 3 is 2.33 bits per heavy atom. The smallest absolute Gasteiger partial charge is 0.240 e. The Hall–Kier alpha value is -1.31. The lowest BCUT2D eigenvalue weighted by Crippen LogP contribution is -2.33. The maximum Gasteiger partial charge on any atom is 0.240 e. The van der Waals surface area contributed by atoms with Crippen LogP contribution in [0.15, 0.2) is 23.1 Å². The third-order valence-corrected chi connectivity index (χ3v) is 4.64. The van der Waals surface area contributed by atoms with E-state index in [-0.39, 0.29) is 4.90 Å². The summed E-state index contributed by atoms with van der Waals surface area (Å²) < 4.78 is 25.9. The number of rotatable bonds is 8. The van der Waals surface area contributed by atoms with Gasteiger partial charge in [0.2, 0.25) is 10.0 Å². The van der Waals surface area contributed by atoms with Crippen LogP contribution in [0.2, 0.25) is 0 Å². The Labute approximate surface area is 128 Å². The molecule has 0 atom stereocenters. The molecule has 0 aromatic heterocycles. The van der Waals surface area contributed by atoms with Crippen molar-refractivity contribution in [3.8, 4) is 0 Å². The van der Waals surface area contributed by atoms with Crippen molar-refractivity contribution in [1.29, 1.82) is 0 Å². The van der Waals surface area contributed by atoms with Gasteiger partial charge in [0.25, 0.3) is 0 Å². The molecule has 0 aliphatic heterocycles. The van der Waals surface area contributed by atoms with Crippen LogP contribution in [0.1, 0.15) is 13.3 Å². The summed E-state index contributed by atoms with van der Waals surface area (Å²) in [6.07, 6.45) is 1.00. The van der Waals surface area contributed by atoms with Gasteiger partial charge in [-0.3, -0.25) is 0 Å². The van der Waals surface area contributed by atoms with Crippen molar-refractivity contribution >= 4 is 21.4 Å². The summed E-state index contributed by atoms with van der Waals surface area (Å²) in [4.78, 5) is 4.49. The summed E-state index contributed by atoms with van der Waals surface area (Å²) in [5.74, 6) is 0. The highest BCUT2D eigenvalue weighted by atomic mass is 32.2. The first-order valence-corrected chi connectivity index (χ1v) is 8.53. The first-order chi connectivity index (χ1) is 9.81. The Balaban J connectivity index is 3.05. The number of likely N-dealkylation sites (N-methyl/N-ethyl adjacent to an activating group) is 1. The molecule has 0 saturated heterocycles. The normalized spacial score (nSPS) is 11.9. The summed E-state index contributed by atoms with van der Waals surface area (Å²) in [7, 11) is 1.98. The third-order valence-electron chi connectivity index (χ3n) is 3.23. The number of hydrogen-bond acceptors (Lipinski definition) is 5. The lowest BCUT2D eigenvalue weighted by molar-refractivity contribution is 0.413. The van der Waals surface area contributed by atoms with Crippen LogP contribution in [0.4, 0.5) is 11.4 Å². The molecule has 0 aliphatic rings. The second kappa shape index (κ2) is 7.63. The van der Waals surface area contributed by atoms with Gasteiger partial charge in [-0.1, -0.05) is 6.92 Å². The van der Waals surface area contributed by atoms with Gasteiger partial charge in [0, 0.05) is 19.6 Å². The largest absolute Gasteiger partial charge is 0.397 e. The molecule has 0 bridgehead atoms. The predicted molar refractivity (Wildman–Crippen MR) is 88.2 cm³/mol. The highest BCUT2D eigenvalue weighted by Crippen LogP contribution is 2.26. The monoisotopic (exact) mass is 314 g/mol. The lowest BCUT2D eigenvalue weighted by atomic mass is 10.2. The molecular weight excluding hydrogens is 288 g/mol. The molecule has 21 heavy (non-hydrogen) atoms. The van der Waals surface area contributed by atoms with E-state index in [1.807, 2.05) is 14.1 Å². The lowest BCUT2D eigenvalue weighted by Gasteiger charge is -2.27. The molecule has 6 nitrogen and oxygen atoms in total. The van der Waals surface area contributed by atoms with E-state index in [0.717, 1.165) is 31.7 Å². The molecule has 1 aromatic rings. The van der Waals surface area contributed by atoms with E-state index in [1.165, 1.54) is 13.1 Å². The molecular formula is C14H26N4O2S. The summed E-state index contributed by atoms with van der Waals surface area (Å²) in [5.41, 5.74) is 7.43. The fraction of sp³-hybridized carbons (Fsp3) is 0.571. The van der Waals surface area contributed by atoms with Crippen molar-refractivity contribution in [2.24, 2.45) is 0 Å². The van der Waals surface area contributed by atoms with E-state index in [2.05, 4.69) is 21.4 Å². The van der Waals surface area contributed by atoms with E-state index in [9.17, 15) is 8.42 Å². The van der Waals surface area contributed by atoms with Crippen LogP contribution in [0.3, 0.4) is 0 Å². The Kier molecular flexibility index (Phi) is 6.44. The summed E-state index contributed by atoms with van der Waals surface area (Å²) in [6.45, 7) is 4.76. The van der Waals surface area contributed by atoms with Crippen molar-refractivity contribution in [2.75, 3.05) is 51.4 Å². The van der Waals surface area contributed by atoms with Gasteiger partial charge in [0.1, 0.15) is 0 Å². The van der Waals surface area contributed by atoms with Gasteiger partial charge in [-0.2, -0.15) is 0 Å². The molecule has 0 amide bonds. The minimum absolute atomic E-state index is 0.190. The zero-order valence-corrected chi connectivity index (χ0v) is 14.1. The molecule has 1 aromatic carbocycles. The predicted octanol–water partition coefficient (Wildman–Crippen LogP) is 0.955. The van der Waals surface area contributed by atoms with Gasteiger partial charge in [-0.05, 0) is 45.8 Å². The minimum Gasteiger partial charge on any atom is -0.397 e. The molecule has 0 radical (unpaired) electrons. The van der Waals surface area contributed by atoms with E-state index >= 15 is 0 Å². The molecule has 7 heteroatoms. The van der Waals surface area contributed by atoms with Crippen molar-refractivity contribution in [3.63, 3.8) is 0 Å². The van der Waals surface area contributed by atoms with Gasteiger partial charge < -0.3 is 15.5 Å². The Morgan fingerprint density at radius 1 is 1.19 bits per heavy atom.